The van der Waals surface area contributed by atoms with E-state index < -0.39 is 30.5 Å². The maximum atomic E-state index is 14.1. The van der Waals surface area contributed by atoms with Crippen LogP contribution >= 0.6 is 0 Å². The van der Waals surface area contributed by atoms with E-state index in [9.17, 15) is 24.6 Å². The van der Waals surface area contributed by atoms with E-state index in [0.717, 1.165) is 19.4 Å². The third-order valence-corrected chi connectivity index (χ3v) is 10.0. The van der Waals surface area contributed by atoms with Gasteiger partial charge in [-0.3, -0.25) is 19.3 Å². The number of ether oxygens (including phenoxy) is 3. The van der Waals surface area contributed by atoms with Gasteiger partial charge in [-0.15, -0.1) is 0 Å². The summed E-state index contributed by atoms with van der Waals surface area (Å²) in [5, 5.41) is 24.8. The molecule has 12 heteroatoms. The summed E-state index contributed by atoms with van der Waals surface area (Å²) < 4.78 is 17.4. The second-order valence-corrected chi connectivity index (χ2v) is 13.1. The second kappa shape index (κ2) is 13.7. The molecule has 242 valence electrons. The number of aliphatic hydroxyl groups excluding tert-OH is 2. The number of likely N-dealkylation sites (tertiary alicyclic amines) is 1. The summed E-state index contributed by atoms with van der Waals surface area (Å²) in [4.78, 5) is 46.7. The molecule has 5 aliphatic rings. The van der Waals surface area contributed by atoms with Gasteiger partial charge in [-0.1, -0.05) is 19.3 Å². The molecule has 6 rings (SSSR count). The molecule has 0 radical (unpaired) electrons. The summed E-state index contributed by atoms with van der Waals surface area (Å²) in [5.74, 6) is 0.606. The van der Waals surface area contributed by atoms with Gasteiger partial charge in [0.2, 0.25) is 11.8 Å². The Bertz CT molecular complexity index is 1180. The number of nitrogens with one attached hydrogen (secondary N) is 1. The zero-order valence-electron chi connectivity index (χ0n) is 25.5. The lowest BCUT2D eigenvalue weighted by Crippen LogP contribution is -2.55. The van der Waals surface area contributed by atoms with Crippen molar-refractivity contribution in [2.45, 2.75) is 87.5 Å². The Labute approximate surface area is 258 Å². The molecule has 1 aromatic carbocycles. The Morgan fingerprint density at radius 1 is 1.00 bits per heavy atom. The highest BCUT2D eigenvalue weighted by Gasteiger charge is 2.46. The fourth-order valence-corrected chi connectivity index (χ4v) is 7.64. The molecule has 0 aromatic heterocycles. The van der Waals surface area contributed by atoms with E-state index in [0.29, 0.717) is 49.9 Å². The van der Waals surface area contributed by atoms with Gasteiger partial charge in [0.1, 0.15) is 24.1 Å². The standard InChI is InChI=1S/C32H46N4O8/c1-42-23-9-7-21(8-10-23)31(40)36-18-24-17-34(11-12-43-24)32(41)25-13-22(16-35(25)15-20-5-3-2-4-6-20)33-28(37)14-26-29(38)30(39)27(19-36)44-26/h7-10,20,22,24-27,29-30,38-39H,2-6,11-19H2,1H3,(H,33,37)/t22-,24-,25-,26-,27+,29-,30+/m0/s1. The maximum absolute atomic E-state index is 14.1. The van der Waals surface area contributed by atoms with E-state index in [1.165, 1.54) is 19.3 Å². The molecular weight excluding hydrogens is 568 g/mol. The summed E-state index contributed by atoms with van der Waals surface area (Å²) in [5.41, 5.74) is 0.420. The van der Waals surface area contributed by atoms with Gasteiger partial charge in [-0.05, 0) is 49.4 Å². The Hall–Kier alpha value is -2.77. The van der Waals surface area contributed by atoms with Crippen LogP contribution in [0.15, 0.2) is 24.3 Å². The monoisotopic (exact) mass is 614 g/mol. The third kappa shape index (κ3) is 6.89. The van der Waals surface area contributed by atoms with Gasteiger partial charge in [0.25, 0.3) is 5.91 Å². The van der Waals surface area contributed by atoms with Crippen LogP contribution in [-0.4, -0.2) is 138 Å². The molecule has 7 atom stereocenters. The first-order valence-electron chi connectivity index (χ1n) is 16.2. The lowest BCUT2D eigenvalue weighted by atomic mass is 9.89. The smallest absolute Gasteiger partial charge is 0.254 e. The number of methoxy groups -OCH3 is 1. The van der Waals surface area contributed by atoms with Gasteiger partial charge in [0.15, 0.2) is 0 Å². The first-order chi connectivity index (χ1) is 21.3. The molecule has 0 spiro atoms. The van der Waals surface area contributed by atoms with E-state index in [4.69, 9.17) is 14.2 Å². The van der Waals surface area contributed by atoms with Crippen LogP contribution in [0.2, 0.25) is 0 Å². The number of aliphatic hydroxyl groups is 2. The van der Waals surface area contributed by atoms with Crippen molar-refractivity contribution < 1.29 is 38.8 Å². The number of carbonyl (C=O) groups excluding carboxylic acids is 3. The molecule has 3 amide bonds. The maximum Gasteiger partial charge on any atom is 0.254 e. The van der Waals surface area contributed by atoms with E-state index in [-0.39, 0.29) is 49.3 Å². The van der Waals surface area contributed by atoms with Crippen LogP contribution in [0.4, 0.5) is 0 Å². The largest absolute Gasteiger partial charge is 0.497 e. The van der Waals surface area contributed by atoms with Crippen molar-refractivity contribution in [2.75, 3.05) is 53.0 Å². The highest BCUT2D eigenvalue weighted by molar-refractivity contribution is 5.94. The van der Waals surface area contributed by atoms with Crippen LogP contribution in [0.3, 0.4) is 0 Å². The first kappa shape index (κ1) is 31.2. The van der Waals surface area contributed by atoms with Gasteiger partial charge in [-0.2, -0.15) is 0 Å². The Morgan fingerprint density at radius 2 is 1.75 bits per heavy atom. The lowest BCUT2D eigenvalue weighted by Gasteiger charge is -2.39. The average molecular weight is 615 g/mol. The van der Waals surface area contributed by atoms with Crippen LogP contribution in [0, 0.1) is 5.92 Å². The molecule has 44 heavy (non-hydrogen) atoms. The molecule has 5 fully saturated rings. The zero-order chi connectivity index (χ0) is 30.8. The molecule has 1 aliphatic carbocycles. The molecule has 1 saturated carbocycles. The van der Waals surface area contributed by atoms with Crippen molar-refractivity contribution in [3.63, 3.8) is 0 Å². The van der Waals surface area contributed by atoms with E-state index in [1.807, 2.05) is 4.90 Å². The molecular formula is C32H46N4O8. The SMILES string of the molecule is COc1ccc(C(=O)N2C[C@@H]3CN(CCO3)C(=O)[C@@H]3C[C@@H](CN3CC3CCCCC3)NC(=O)C[C@@H]3O[C@H](C2)[C@@H](O)[C@H]3O)cc1. The van der Waals surface area contributed by atoms with Crippen molar-refractivity contribution in [1.82, 2.24) is 20.0 Å². The summed E-state index contributed by atoms with van der Waals surface area (Å²) in [6.07, 6.45) is 1.58. The fourth-order valence-electron chi connectivity index (χ4n) is 7.64. The van der Waals surface area contributed by atoms with Crippen LogP contribution in [0.1, 0.15) is 55.3 Å². The van der Waals surface area contributed by atoms with Crippen LogP contribution in [0.5, 0.6) is 5.75 Å². The number of morpholine rings is 1. The van der Waals surface area contributed by atoms with E-state index in [2.05, 4.69) is 10.2 Å². The number of fused-ring (bicyclic) bond motifs is 6. The fraction of sp³-hybridized carbons (Fsp3) is 0.719. The summed E-state index contributed by atoms with van der Waals surface area (Å²) in [6.45, 7) is 2.71. The molecule has 3 N–H and O–H groups in total. The molecule has 4 saturated heterocycles. The quantitative estimate of drug-likeness (QED) is 0.440. The van der Waals surface area contributed by atoms with Gasteiger partial charge >= 0.3 is 0 Å². The van der Waals surface area contributed by atoms with Crippen molar-refractivity contribution >= 4 is 17.7 Å². The van der Waals surface area contributed by atoms with Crippen molar-refractivity contribution in [3.8, 4) is 5.75 Å². The van der Waals surface area contributed by atoms with Gasteiger partial charge in [0.05, 0.1) is 38.4 Å². The molecule has 0 unspecified atom stereocenters. The Balaban J connectivity index is 1.26. The van der Waals surface area contributed by atoms with E-state index in [1.54, 1.807) is 36.3 Å². The minimum absolute atomic E-state index is 0.0184. The molecule has 12 nitrogen and oxygen atoms in total. The number of hydrogen-bond acceptors (Lipinski definition) is 9. The number of benzene rings is 1. The number of amides is 3. The van der Waals surface area contributed by atoms with E-state index >= 15 is 0 Å². The third-order valence-electron chi connectivity index (χ3n) is 10.0. The molecule has 1 aromatic rings. The molecule has 4 aliphatic heterocycles. The number of carbonyl (C=O) groups is 3. The van der Waals surface area contributed by atoms with Crippen LogP contribution < -0.4 is 10.1 Å². The summed E-state index contributed by atoms with van der Waals surface area (Å²) in [6, 6.07) is 6.21. The number of rotatable bonds is 4. The van der Waals surface area contributed by atoms with Crippen LogP contribution in [0.25, 0.3) is 0 Å². The predicted molar refractivity (Wildman–Crippen MR) is 159 cm³/mol. The zero-order valence-corrected chi connectivity index (χ0v) is 25.5. The van der Waals surface area contributed by atoms with Gasteiger partial charge < -0.3 is 39.5 Å². The van der Waals surface area contributed by atoms with Crippen LogP contribution in [-0.2, 0) is 19.1 Å². The predicted octanol–water partition coefficient (Wildman–Crippen LogP) is 0.397. The molecule has 4 heterocycles. The van der Waals surface area contributed by atoms with Crippen molar-refractivity contribution in [2.24, 2.45) is 5.92 Å². The lowest BCUT2D eigenvalue weighted by molar-refractivity contribution is -0.144. The van der Waals surface area contributed by atoms with Crippen molar-refractivity contribution in [3.05, 3.63) is 29.8 Å². The highest BCUT2D eigenvalue weighted by atomic mass is 16.5. The number of nitrogens with zero attached hydrogens (tertiary/aromatic N) is 3. The highest BCUT2D eigenvalue weighted by Crippen LogP contribution is 2.30. The summed E-state index contributed by atoms with van der Waals surface area (Å²) in [7, 11) is 1.55. The van der Waals surface area contributed by atoms with Gasteiger partial charge in [-0.25, -0.2) is 0 Å². The topological polar surface area (TPSA) is 141 Å². The Morgan fingerprint density at radius 3 is 2.50 bits per heavy atom. The molecule has 6 bridgehead atoms. The normalized spacial score (nSPS) is 34.2. The minimum Gasteiger partial charge on any atom is -0.497 e. The average Bonchev–Trinajstić information content (AvgIpc) is 3.55. The second-order valence-electron chi connectivity index (χ2n) is 13.1. The summed E-state index contributed by atoms with van der Waals surface area (Å²) >= 11 is 0. The van der Waals surface area contributed by atoms with Gasteiger partial charge in [0, 0.05) is 50.9 Å². The minimum atomic E-state index is -1.28. The number of hydrogen-bond donors (Lipinski definition) is 3. The van der Waals surface area contributed by atoms with Crippen molar-refractivity contribution in [1.29, 1.82) is 0 Å². The Kier molecular flexibility index (Phi) is 9.72. The first-order valence-corrected chi connectivity index (χ1v) is 16.2.